The molecule has 7 heteroatoms. The van der Waals surface area contributed by atoms with Crippen molar-refractivity contribution in [3.05, 3.63) is 0 Å². The first-order valence-electron chi connectivity index (χ1n) is 3.73. The van der Waals surface area contributed by atoms with Crippen molar-refractivity contribution in [3.63, 3.8) is 0 Å². The Hall–Kier alpha value is -1.34. The van der Waals surface area contributed by atoms with Gasteiger partial charge in [0, 0.05) is 0 Å². The van der Waals surface area contributed by atoms with Gasteiger partial charge in [-0.15, -0.1) is 0 Å². The topological polar surface area (TPSA) is 125 Å². The molecule has 1 aliphatic heterocycles. The van der Waals surface area contributed by atoms with Gasteiger partial charge in [0.05, 0.1) is 0 Å². The maximum atomic E-state index is 10.1. The Balaban J connectivity index is 0.000000252. The van der Waals surface area contributed by atoms with E-state index < -0.39 is 12.1 Å². The third-order valence-corrected chi connectivity index (χ3v) is 1.48. The van der Waals surface area contributed by atoms with Crippen molar-refractivity contribution in [2.45, 2.75) is 18.9 Å². The van der Waals surface area contributed by atoms with Crippen molar-refractivity contribution in [1.82, 2.24) is 10.7 Å². The molecule has 1 rings (SSSR count). The summed E-state index contributed by atoms with van der Waals surface area (Å²) in [5, 5.41) is 18.7. The van der Waals surface area contributed by atoms with E-state index in [0.717, 1.165) is 19.4 Å². The molecule has 0 spiro atoms. The summed E-state index contributed by atoms with van der Waals surface area (Å²) in [6.45, 7) is 0.858. The number of carbonyl (C=O) groups is 2. The molecule has 1 amide bonds. The molecule has 1 unspecified atom stereocenters. The van der Waals surface area contributed by atoms with Crippen LogP contribution >= 0.6 is 0 Å². The van der Waals surface area contributed by atoms with E-state index in [2.05, 4.69) is 11.2 Å². The predicted octanol–water partition coefficient (Wildman–Crippen LogP) is -1.05. The number of hydrogen-bond donors (Lipinski definition) is 5. The van der Waals surface area contributed by atoms with Crippen LogP contribution in [0.2, 0.25) is 0 Å². The zero-order chi connectivity index (χ0) is 10.3. The third-order valence-electron chi connectivity index (χ3n) is 1.48. The molecular formula is C6H13N3O4. The van der Waals surface area contributed by atoms with E-state index in [1.54, 1.807) is 0 Å². The summed E-state index contributed by atoms with van der Waals surface area (Å²) in [4.78, 5) is 19.3. The van der Waals surface area contributed by atoms with E-state index in [1.165, 1.54) is 5.43 Å². The molecule has 0 aromatic carbocycles. The lowest BCUT2D eigenvalue weighted by Gasteiger charge is -1.99. The van der Waals surface area contributed by atoms with Crippen LogP contribution in [0.3, 0.4) is 0 Å². The van der Waals surface area contributed by atoms with Gasteiger partial charge in [-0.1, -0.05) is 0 Å². The van der Waals surface area contributed by atoms with Crippen molar-refractivity contribution >= 4 is 12.1 Å². The molecule has 1 fully saturated rings. The minimum atomic E-state index is -1.22. The van der Waals surface area contributed by atoms with Gasteiger partial charge in [0.1, 0.15) is 6.04 Å². The molecule has 0 bridgehead atoms. The molecule has 1 saturated heterocycles. The second-order valence-electron chi connectivity index (χ2n) is 2.44. The van der Waals surface area contributed by atoms with Crippen LogP contribution in [-0.4, -0.2) is 34.9 Å². The zero-order valence-electron chi connectivity index (χ0n) is 6.99. The Labute approximate surface area is 74.9 Å². The van der Waals surface area contributed by atoms with Crippen molar-refractivity contribution in [1.29, 1.82) is 0 Å². The summed E-state index contributed by atoms with van der Waals surface area (Å²) >= 11 is 0. The van der Waals surface area contributed by atoms with E-state index in [1.807, 2.05) is 0 Å². The number of aliphatic carboxylic acids is 1. The summed E-state index contributed by atoms with van der Waals surface area (Å²) in [5.41, 5.74) is 1.44. The highest BCUT2D eigenvalue weighted by molar-refractivity contribution is 5.73. The Bertz CT molecular complexity index is 179. The molecule has 13 heavy (non-hydrogen) atoms. The van der Waals surface area contributed by atoms with Gasteiger partial charge in [-0.25, -0.2) is 10.6 Å². The summed E-state index contributed by atoms with van der Waals surface area (Å²) in [5.74, 6) is 3.60. The molecular weight excluding hydrogens is 178 g/mol. The van der Waals surface area contributed by atoms with E-state index in [9.17, 15) is 4.79 Å². The van der Waals surface area contributed by atoms with Gasteiger partial charge < -0.3 is 15.5 Å². The summed E-state index contributed by atoms with van der Waals surface area (Å²) in [6.07, 6.45) is 0.566. The maximum absolute atomic E-state index is 10.1. The Morgan fingerprint density at radius 1 is 1.46 bits per heavy atom. The number of hydrogen-bond acceptors (Lipinski definition) is 4. The van der Waals surface area contributed by atoms with Crippen molar-refractivity contribution in [2.75, 3.05) is 6.54 Å². The van der Waals surface area contributed by atoms with Crippen molar-refractivity contribution in [2.24, 2.45) is 5.84 Å². The molecule has 0 aromatic heterocycles. The summed E-state index contributed by atoms with van der Waals surface area (Å²) in [6, 6.07) is -0.269. The van der Waals surface area contributed by atoms with E-state index in [0.29, 0.717) is 0 Å². The number of amides is 1. The lowest BCUT2D eigenvalue weighted by atomic mass is 10.2. The lowest BCUT2D eigenvalue weighted by molar-refractivity contribution is -0.139. The van der Waals surface area contributed by atoms with E-state index in [4.69, 9.17) is 15.0 Å². The number of nitrogens with one attached hydrogen (secondary N) is 2. The minimum absolute atomic E-state index is 0.269. The van der Waals surface area contributed by atoms with Crippen molar-refractivity contribution < 1.29 is 19.8 Å². The number of hydrazine groups is 1. The monoisotopic (exact) mass is 191 g/mol. The maximum Gasteiger partial charge on any atom is 0.418 e. The normalized spacial score (nSPS) is 19.9. The molecule has 0 aliphatic carbocycles. The minimum Gasteiger partial charge on any atom is -0.480 e. The Morgan fingerprint density at radius 3 is 2.15 bits per heavy atom. The van der Waals surface area contributed by atoms with Crippen LogP contribution in [-0.2, 0) is 4.79 Å². The lowest BCUT2D eigenvalue weighted by Crippen LogP contribution is -2.29. The van der Waals surface area contributed by atoms with Gasteiger partial charge in [-0.05, 0) is 19.4 Å². The molecule has 0 radical (unpaired) electrons. The zero-order valence-corrected chi connectivity index (χ0v) is 6.99. The average Bonchev–Trinajstić information content (AvgIpc) is 2.57. The highest BCUT2D eigenvalue weighted by Crippen LogP contribution is 2.03. The van der Waals surface area contributed by atoms with Crippen LogP contribution in [0.5, 0.6) is 0 Å². The first-order valence-corrected chi connectivity index (χ1v) is 3.73. The standard InChI is InChI=1S/C5H9NO2.CH4N2O2/c7-5(8)4-2-1-3-6-4;2-3-1(4)5/h4,6H,1-3H2,(H,7,8);3H,2H2,(H,4,5). The van der Waals surface area contributed by atoms with Crippen LogP contribution in [0.15, 0.2) is 0 Å². The van der Waals surface area contributed by atoms with Crippen LogP contribution < -0.4 is 16.6 Å². The fourth-order valence-corrected chi connectivity index (χ4v) is 0.895. The second kappa shape index (κ2) is 6.21. The molecule has 76 valence electrons. The van der Waals surface area contributed by atoms with Gasteiger partial charge in [-0.3, -0.25) is 10.2 Å². The highest BCUT2D eigenvalue weighted by Gasteiger charge is 2.20. The van der Waals surface area contributed by atoms with Gasteiger partial charge in [0.25, 0.3) is 0 Å². The number of carboxylic acid groups (broad SMARTS) is 2. The molecule has 1 aliphatic rings. The fourth-order valence-electron chi connectivity index (χ4n) is 0.895. The number of nitrogens with two attached hydrogens (primary N) is 1. The van der Waals surface area contributed by atoms with Crippen LogP contribution in [0.25, 0.3) is 0 Å². The molecule has 1 heterocycles. The fraction of sp³-hybridized carbons (Fsp3) is 0.667. The first-order chi connectivity index (χ1) is 6.07. The average molecular weight is 191 g/mol. The van der Waals surface area contributed by atoms with Gasteiger partial charge in [0.15, 0.2) is 0 Å². The van der Waals surface area contributed by atoms with Crippen LogP contribution in [0.4, 0.5) is 4.79 Å². The molecule has 1 atom stereocenters. The van der Waals surface area contributed by atoms with E-state index in [-0.39, 0.29) is 6.04 Å². The molecule has 0 saturated carbocycles. The quantitative estimate of drug-likeness (QED) is 0.204. The number of carboxylic acids is 1. The SMILES string of the molecule is NNC(=O)O.O=C(O)C1CCCN1. The van der Waals surface area contributed by atoms with Crippen LogP contribution in [0.1, 0.15) is 12.8 Å². The molecule has 7 nitrogen and oxygen atoms in total. The smallest absolute Gasteiger partial charge is 0.418 e. The predicted molar refractivity (Wildman–Crippen MR) is 44.0 cm³/mol. The van der Waals surface area contributed by atoms with Crippen molar-refractivity contribution in [3.8, 4) is 0 Å². The van der Waals surface area contributed by atoms with E-state index >= 15 is 0 Å². The summed E-state index contributed by atoms with van der Waals surface area (Å²) in [7, 11) is 0. The van der Waals surface area contributed by atoms with Gasteiger partial charge in [0.2, 0.25) is 0 Å². The highest BCUT2D eigenvalue weighted by atomic mass is 16.4. The van der Waals surface area contributed by atoms with Gasteiger partial charge in [-0.2, -0.15) is 0 Å². The van der Waals surface area contributed by atoms with Gasteiger partial charge >= 0.3 is 12.1 Å². The largest absolute Gasteiger partial charge is 0.480 e. The number of rotatable bonds is 1. The Kier molecular flexibility index (Phi) is 5.57. The first kappa shape index (κ1) is 11.7. The second-order valence-corrected chi connectivity index (χ2v) is 2.44. The Morgan fingerprint density at radius 2 is 2.00 bits per heavy atom. The summed E-state index contributed by atoms with van der Waals surface area (Å²) < 4.78 is 0. The van der Waals surface area contributed by atoms with Crippen LogP contribution in [0, 0.1) is 0 Å². The third kappa shape index (κ3) is 5.88. The molecule has 6 N–H and O–H groups in total. The molecule has 0 aromatic rings.